The molecule has 116 valence electrons. The smallest absolute Gasteiger partial charge is 0.119 e. The van der Waals surface area contributed by atoms with E-state index in [9.17, 15) is 0 Å². The molecule has 0 bridgehead atoms. The monoisotopic (exact) mass is 296 g/mol. The van der Waals surface area contributed by atoms with Crippen molar-refractivity contribution in [3.63, 3.8) is 0 Å². The average Bonchev–Trinajstić information content (AvgIpc) is 2.54. The van der Waals surface area contributed by atoms with Crippen LogP contribution in [0.3, 0.4) is 0 Å². The van der Waals surface area contributed by atoms with Gasteiger partial charge in [0.25, 0.3) is 0 Å². The maximum absolute atomic E-state index is 6.07. The fourth-order valence-corrected chi connectivity index (χ4v) is 2.89. The van der Waals surface area contributed by atoms with Crippen molar-refractivity contribution in [1.29, 1.82) is 0 Å². The van der Waals surface area contributed by atoms with Gasteiger partial charge in [-0.3, -0.25) is 0 Å². The van der Waals surface area contributed by atoms with Crippen molar-refractivity contribution in [1.82, 2.24) is 0 Å². The zero-order chi connectivity index (χ0) is 15.4. The number of benzene rings is 2. The molecule has 1 saturated carbocycles. The van der Waals surface area contributed by atoms with Gasteiger partial charge in [-0.15, -0.1) is 0 Å². The molecule has 0 amide bonds. The number of ether oxygens (including phenoxy) is 2. The molecule has 1 aliphatic rings. The maximum atomic E-state index is 6.07. The maximum Gasteiger partial charge on any atom is 0.119 e. The Morgan fingerprint density at radius 2 is 0.909 bits per heavy atom. The summed E-state index contributed by atoms with van der Waals surface area (Å²) in [5, 5.41) is 0. The molecule has 0 N–H and O–H groups in total. The SMILES string of the molecule is Cc1ccc(OC2CCC(Oc3ccc(C)cc3)CC2)cc1. The average molecular weight is 296 g/mol. The van der Waals surface area contributed by atoms with Gasteiger partial charge in [0.15, 0.2) is 0 Å². The van der Waals surface area contributed by atoms with Crippen LogP contribution in [-0.4, -0.2) is 12.2 Å². The molecular formula is C20H24O2. The van der Waals surface area contributed by atoms with E-state index in [0.717, 1.165) is 37.2 Å². The first-order valence-electron chi connectivity index (χ1n) is 8.16. The molecule has 2 aromatic carbocycles. The second-order valence-electron chi connectivity index (χ2n) is 6.26. The molecule has 0 saturated heterocycles. The molecule has 0 atom stereocenters. The van der Waals surface area contributed by atoms with Crippen LogP contribution in [0.25, 0.3) is 0 Å². The third kappa shape index (κ3) is 4.03. The summed E-state index contributed by atoms with van der Waals surface area (Å²) in [6.45, 7) is 4.19. The molecule has 1 aliphatic carbocycles. The lowest BCUT2D eigenvalue weighted by Crippen LogP contribution is -2.30. The Kier molecular flexibility index (Phi) is 4.67. The van der Waals surface area contributed by atoms with Gasteiger partial charge in [-0.1, -0.05) is 35.4 Å². The van der Waals surface area contributed by atoms with Gasteiger partial charge >= 0.3 is 0 Å². The highest BCUT2D eigenvalue weighted by molar-refractivity contribution is 5.27. The summed E-state index contributed by atoms with van der Waals surface area (Å²) < 4.78 is 12.1. The van der Waals surface area contributed by atoms with Gasteiger partial charge in [0.1, 0.15) is 11.5 Å². The topological polar surface area (TPSA) is 18.5 Å². The van der Waals surface area contributed by atoms with E-state index in [1.165, 1.54) is 11.1 Å². The van der Waals surface area contributed by atoms with Gasteiger partial charge in [0.05, 0.1) is 12.2 Å². The minimum Gasteiger partial charge on any atom is -0.490 e. The van der Waals surface area contributed by atoms with E-state index < -0.39 is 0 Å². The molecule has 3 rings (SSSR count). The third-order valence-electron chi connectivity index (χ3n) is 4.27. The summed E-state index contributed by atoms with van der Waals surface area (Å²) in [5.41, 5.74) is 2.53. The van der Waals surface area contributed by atoms with Crippen molar-refractivity contribution in [2.24, 2.45) is 0 Å². The minimum atomic E-state index is 0.320. The summed E-state index contributed by atoms with van der Waals surface area (Å²) in [5.74, 6) is 1.96. The molecule has 0 heterocycles. The lowest BCUT2D eigenvalue weighted by molar-refractivity contribution is 0.0806. The number of hydrogen-bond acceptors (Lipinski definition) is 2. The lowest BCUT2D eigenvalue weighted by Gasteiger charge is -2.29. The van der Waals surface area contributed by atoms with Crippen molar-refractivity contribution in [3.05, 3.63) is 59.7 Å². The molecule has 1 fully saturated rings. The van der Waals surface area contributed by atoms with Crippen molar-refractivity contribution in [2.75, 3.05) is 0 Å². The fourth-order valence-electron chi connectivity index (χ4n) is 2.89. The van der Waals surface area contributed by atoms with E-state index in [1.54, 1.807) is 0 Å². The Bertz CT molecular complexity index is 523. The number of rotatable bonds is 4. The largest absolute Gasteiger partial charge is 0.490 e. The quantitative estimate of drug-likeness (QED) is 0.784. The normalized spacial score (nSPS) is 21.4. The summed E-state index contributed by atoms with van der Waals surface area (Å²) in [6, 6.07) is 16.6. The van der Waals surface area contributed by atoms with E-state index in [-0.39, 0.29) is 0 Å². The van der Waals surface area contributed by atoms with E-state index in [0.29, 0.717) is 12.2 Å². The Morgan fingerprint density at radius 3 is 1.23 bits per heavy atom. The van der Waals surface area contributed by atoms with Gasteiger partial charge < -0.3 is 9.47 Å². The Labute approximate surface area is 133 Å². The molecule has 2 heteroatoms. The van der Waals surface area contributed by atoms with Crippen molar-refractivity contribution in [2.45, 2.75) is 51.7 Å². The Hall–Kier alpha value is -1.96. The number of aryl methyl sites for hydroxylation is 2. The van der Waals surface area contributed by atoms with Crippen LogP contribution in [0.1, 0.15) is 36.8 Å². The fraction of sp³-hybridized carbons (Fsp3) is 0.400. The molecule has 0 aliphatic heterocycles. The summed E-state index contributed by atoms with van der Waals surface area (Å²) in [6.07, 6.45) is 4.88. The van der Waals surface area contributed by atoms with Crippen LogP contribution in [-0.2, 0) is 0 Å². The van der Waals surface area contributed by atoms with Crippen LogP contribution in [0.4, 0.5) is 0 Å². The zero-order valence-corrected chi connectivity index (χ0v) is 13.4. The molecule has 0 radical (unpaired) electrons. The van der Waals surface area contributed by atoms with Crippen molar-refractivity contribution >= 4 is 0 Å². The van der Waals surface area contributed by atoms with Gasteiger partial charge in [0, 0.05) is 0 Å². The summed E-state index contributed by atoms with van der Waals surface area (Å²) >= 11 is 0. The molecule has 2 aromatic rings. The summed E-state index contributed by atoms with van der Waals surface area (Å²) in [7, 11) is 0. The Morgan fingerprint density at radius 1 is 0.591 bits per heavy atom. The van der Waals surface area contributed by atoms with Crippen molar-refractivity contribution in [3.8, 4) is 11.5 Å². The molecule has 0 aromatic heterocycles. The van der Waals surface area contributed by atoms with Crippen LogP contribution in [0.15, 0.2) is 48.5 Å². The third-order valence-corrected chi connectivity index (χ3v) is 4.27. The van der Waals surface area contributed by atoms with E-state index in [4.69, 9.17) is 9.47 Å². The molecular weight excluding hydrogens is 272 g/mol. The van der Waals surface area contributed by atoms with Gasteiger partial charge in [-0.25, -0.2) is 0 Å². The van der Waals surface area contributed by atoms with Crippen LogP contribution in [0.2, 0.25) is 0 Å². The van der Waals surface area contributed by atoms with Gasteiger partial charge in [-0.05, 0) is 63.8 Å². The van der Waals surface area contributed by atoms with Crippen LogP contribution < -0.4 is 9.47 Å². The van der Waals surface area contributed by atoms with Crippen LogP contribution in [0, 0.1) is 13.8 Å². The minimum absolute atomic E-state index is 0.320. The predicted octanol–water partition coefficient (Wildman–Crippen LogP) is 5.07. The second-order valence-corrected chi connectivity index (χ2v) is 6.26. The lowest BCUT2D eigenvalue weighted by atomic mass is 9.95. The second kappa shape index (κ2) is 6.87. The zero-order valence-electron chi connectivity index (χ0n) is 13.4. The molecule has 0 unspecified atom stereocenters. The standard InChI is InChI=1S/C20H24O2/c1-15-3-7-17(8-4-15)21-19-11-13-20(14-12-19)22-18-9-5-16(2)6-10-18/h3-10,19-20H,11-14H2,1-2H3. The van der Waals surface area contributed by atoms with E-state index in [1.807, 2.05) is 0 Å². The first kappa shape index (κ1) is 15.0. The highest BCUT2D eigenvalue weighted by atomic mass is 16.5. The molecule has 22 heavy (non-hydrogen) atoms. The highest BCUT2D eigenvalue weighted by Gasteiger charge is 2.23. The van der Waals surface area contributed by atoms with Crippen molar-refractivity contribution < 1.29 is 9.47 Å². The van der Waals surface area contributed by atoms with Crippen LogP contribution in [0.5, 0.6) is 11.5 Å². The number of hydrogen-bond donors (Lipinski definition) is 0. The first-order chi connectivity index (χ1) is 10.7. The Balaban J connectivity index is 1.47. The van der Waals surface area contributed by atoms with Crippen LogP contribution >= 0.6 is 0 Å². The first-order valence-corrected chi connectivity index (χ1v) is 8.16. The molecule has 2 nitrogen and oxygen atoms in total. The highest BCUT2D eigenvalue weighted by Crippen LogP contribution is 2.27. The molecule has 0 spiro atoms. The van der Waals surface area contributed by atoms with Gasteiger partial charge in [-0.2, -0.15) is 0 Å². The van der Waals surface area contributed by atoms with E-state index >= 15 is 0 Å². The van der Waals surface area contributed by atoms with Gasteiger partial charge in [0.2, 0.25) is 0 Å². The predicted molar refractivity (Wildman–Crippen MR) is 89.7 cm³/mol. The van der Waals surface area contributed by atoms with E-state index in [2.05, 4.69) is 62.4 Å². The summed E-state index contributed by atoms with van der Waals surface area (Å²) in [4.78, 5) is 0.